The van der Waals surface area contributed by atoms with Gasteiger partial charge in [0.05, 0.1) is 0 Å². The molecule has 0 aromatic rings. The highest BCUT2D eigenvalue weighted by Gasteiger charge is 2.33. The molecule has 0 radical (unpaired) electrons. The quantitative estimate of drug-likeness (QED) is 0.624. The average Bonchev–Trinajstić information content (AvgIpc) is 2.49. The maximum atomic E-state index is 10.8. The first-order valence-corrected chi connectivity index (χ1v) is 5.83. The van der Waals surface area contributed by atoms with Crippen LogP contribution in [0.1, 0.15) is 20.3 Å². The molecule has 1 amide bonds. The van der Waals surface area contributed by atoms with Crippen molar-refractivity contribution < 1.29 is 4.79 Å². The summed E-state index contributed by atoms with van der Waals surface area (Å²) in [6, 6.07) is 0. The molecule has 1 N–H and O–H groups in total. The molecule has 0 saturated carbocycles. The van der Waals surface area contributed by atoms with Crippen molar-refractivity contribution in [2.45, 2.75) is 20.3 Å². The van der Waals surface area contributed by atoms with Gasteiger partial charge in [0, 0.05) is 29.0 Å². The molecule has 1 atom stereocenters. The van der Waals surface area contributed by atoms with Gasteiger partial charge in [-0.2, -0.15) is 0 Å². The number of hydrogen-bond donors (Lipinski definition) is 1. The summed E-state index contributed by atoms with van der Waals surface area (Å²) in [6.07, 6.45) is 1.24. The molecule has 3 nitrogen and oxygen atoms in total. The maximum Gasteiger partial charge on any atom is 0.287 e. The van der Waals surface area contributed by atoms with Gasteiger partial charge < -0.3 is 10.2 Å². The first-order chi connectivity index (χ1) is 6.42. The molecule has 1 unspecified atom stereocenters. The third-order valence-corrected chi connectivity index (χ3v) is 3.46. The summed E-state index contributed by atoms with van der Waals surface area (Å²) in [5.41, 5.74) is 0.189. The number of hydrogen-bond acceptors (Lipinski definition) is 2. The smallest absolute Gasteiger partial charge is 0.287 e. The molecule has 1 aliphatic heterocycles. The van der Waals surface area contributed by atoms with E-state index in [4.69, 9.17) is 0 Å². The number of likely N-dealkylation sites (tertiary alicyclic amines) is 1. The van der Waals surface area contributed by atoms with Crippen molar-refractivity contribution in [3.8, 4) is 0 Å². The molecular formula is C10H19BrN2O. The van der Waals surface area contributed by atoms with Crippen LogP contribution in [0.25, 0.3) is 0 Å². The van der Waals surface area contributed by atoms with Gasteiger partial charge in [-0.1, -0.05) is 13.8 Å². The Hall–Kier alpha value is -0.0900. The lowest BCUT2D eigenvalue weighted by atomic mass is 9.78. The Kier molecular flexibility index (Phi) is 3.95. The molecular weight excluding hydrogens is 244 g/mol. The predicted molar refractivity (Wildman–Crippen MR) is 61.7 cm³/mol. The molecule has 0 aliphatic carbocycles. The summed E-state index contributed by atoms with van der Waals surface area (Å²) in [4.78, 5) is 13.0. The number of carbonyl (C=O) groups excluding carboxylic acids is 1. The minimum Gasteiger partial charge on any atom is -0.346 e. The van der Waals surface area contributed by atoms with Crippen molar-refractivity contribution >= 4 is 20.7 Å². The number of halogens is 1. The fourth-order valence-corrected chi connectivity index (χ4v) is 2.15. The topological polar surface area (TPSA) is 32.3 Å². The Bertz CT molecular complexity index is 218. The molecule has 0 aromatic heterocycles. The Balaban J connectivity index is 2.43. The third-order valence-electron chi connectivity index (χ3n) is 3.18. The lowest BCUT2D eigenvalue weighted by Crippen LogP contribution is -2.37. The Morgan fingerprint density at radius 1 is 1.64 bits per heavy atom. The zero-order chi connectivity index (χ0) is 10.8. The van der Waals surface area contributed by atoms with Crippen LogP contribution in [0.15, 0.2) is 0 Å². The molecule has 0 spiro atoms. The van der Waals surface area contributed by atoms with Crippen LogP contribution in [0.4, 0.5) is 4.79 Å². The van der Waals surface area contributed by atoms with E-state index in [-0.39, 0.29) is 10.2 Å². The van der Waals surface area contributed by atoms with E-state index in [9.17, 15) is 4.79 Å². The molecule has 1 saturated heterocycles. The number of rotatable bonds is 3. The van der Waals surface area contributed by atoms with E-state index in [0.29, 0.717) is 5.92 Å². The van der Waals surface area contributed by atoms with Gasteiger partial charge >= 0.3 is 0 Å². The summed E-state index contributed by atoms with van der Waals surface area (Å²) in [5, 5.41) is 2.84. The van der Waals surface area contributed by atoms with Crippen LogP contribution >= 0.6 is 15.9 Å². The second-order valence-electron chi connectivity index (χ2n) is 4.86. The summed E-state index contributed by atoms with van der Waals surface area (Å²) in [5.74, 6) is 0.687. The lowest BCUT2D eigenvalue weighted by Gasteiger charge is -2.31. The molecule has 1 heterocycles. The number of nitrogens with one attached hydrogen (secondary N) is 1. The lowest BCUT2D eigenvalue weighted by molar-refractivity contribution is 0.206. The number of amides is 1. The molecule has 0 aromatic carbocycles. The van der Waals surface area contributed by atoms with Gasteiger partial charge in [-0.05, 0) is 31.3 Å². The number of nitrogens with zero attached hydrogens (tertiary/aromatic N) is 1. The van der Waals surface area contributed by atoms with Gasteiger partial charge in [0.2, 0.25) is 0 Å². The molecule has 4 heteroatoms. The van der Waals surface area contributed by atoms with Crippen molar-refractivity contribution in [2.75, 3.05) is 26.7 Å². The van der Waals surface area contributed by atoms with Crippen LogP contribution < -0.4 is 5.32 Å². The van der Waals surface area contributed by atoms with E-state index in [2.05, 4.69) is 47.0 Å². The van der Waals surface area contributed by atoms with E-state index < -0.39 is 0 Å². The van der Waals surface area contributed by atoms with Crippen LogP contribution in [-0.2, 0) is 0 Å². The first kappa shape index (κ1) is 12.0. The SMILES string of the molecule is CN1CCC(C(C)(C)CNC(=O)Br)C1. The van der Waals surface area contributed by atoms with Crippen molar-refractivity contribution in [3.05, 3.63) is 0 Å². The largest absolute Gasteiger partial charge is 0.346 e. The normalized spacial score (nSPS) is 23.9. The van der Waals surface area contributed by atoms with Crippen molar-refractivity contribution in [2.24, 2.45) is 11.3 Å². The first-order valence-electron chi connectivity index (χ1n) is 5.04. The van der Waals surface area contributed by atoms with E-state index in [1.165, 1.54) is 13.0 Å². The minimum absolute atomic E-state index is 0.114. The predicted octanol–water partition coefficient (Wildman–Crippen LogP) is 2.07. The van der Waals surface area contributed by atoms with Crippen molar-refractivity contribution in [1.82, 2.24) is 10.2 Å². The third kappa shape index (κ3) is 3.24. The fourth-order valence-electron chi connectivity index (χ4n) is 2.01. The summed E-state index contributed by atoms with van der Waals surface area (Å²) < 4.78 is 0. The maximum absolute atomic E-state index is 10.8. The van der Waals surface area contributed by atoms with Gasteiger partial charge in [-0.3, -0.25) is 4.79 Å². The van der Waals surface area contributed by atoms with Gasteiger partial charge in [0.1, 0.15) is 0 Å². The highest BCUT2D eigenvalue weighted by atomic mass is 79.9. The highest BCUT2D eigenvalue weighted by molar-refractivity contribution is 9.18. The standard InChI is InChI=1S/C10H19BrN2O/c1-10(2,7-12-9(11)14)8-4-5-13(3)6-8/h8H,4-7H2,1-3H3,(H,12,14). The summed E-state index contributed by atoms with van der Waals surface area (Å²) >= 11 is 2.89. The Labute approximate surface area is 94.4 Å². The van der Waals surface area contributed by atoms with Crippen LogP contribution in [0.5, 0.6) is 0 Å². The Morgan fingerprint density at radius 3 is 2.71 bits per heavy atom. The van der Waals surface area contributed by atoms with Crippen molar-refractivity contribution in [1.29, 1.82) is 0 Å². The molecule has 1 rings (SSSR count). The van der Waals surface area contributed by atoms with Gasteiger partial charge in [-0.25, -0.2) is 0 Å². The number of carbonyl (C=O) groups is 1. The van der Waals surface area contributed by atoms with E-state index >= 15 is 0 Å². The zero-order valence-electron chi connectivity index (χ0n) is 9.14. The average molecular weight is 263 g/mol. The zero-order valence-corrected chi connectivity index (χ0v) is 10.7. The van der Waals surface area contributed by atoms with Crippen LogP contribution in [-0.4, -0.2) is 36.4 Å². The van der Waals surface area contributed by atoms with E-state index in [1.54, 1.807) is 0 Å². The van der Waals surface area contributed by atoms with Gasteiger partial charge in [0.25, 0.3) is 4.82 Å². The van der Waals surface area contributed by atoms with Crippen molar-refractivity contribution in [3.63, 3.8) is 0 Å². The second kappa shape index (κ2) is 4.62. The van der Waals surface area contributed by atoms with Crippen LogP contribution in [0.3, 0.4) is 0 Å². The highest BCUT2D eigenvalue weighted by Crippen LogP contribution is 2.33. The second-order valence-corrected chi connectivity index (χ2v) is 5.58. The van der Waals surface area contributed by atoms with Gasteiger partial charge in [0.15, 0.2) is 0 Å². The minimum atomic E-state index is -0.114. The van der Waals surface area contributed by atoms with E-state index in [0.717, 1.165) is 13.1 Å². The molecule has 1 fully saturated rings. The Morgan fingerprint density at radius 2 is 2.29 bits per heavy atom. The molecule has 0 bridgehead atoms. The summed E-state index contributed by atoms with van der Waals surface area (Å²) in [7, 11) is 2.15. The molecule has 1 aliphatic rings. The monoisotopic (exact) mass is 262 g/mol. The molecule has 14 heavy (non-hydrogen) atoms. The fraction of sp³-hybridized carbons (Fsp3) is 0.900. The van der Waals surface area contributed by atoms with Crippen LogP contribution in [0.2, 0.25) is 0 Å². The van der Waals surface area contributed by atoms with E-state index in [1.807, 2.05) is 0 Å². The van der Waals surface area contributed by atoms with Crippen LogP contribution in [0, 0.1) is 11.3 Å². The molecule has 82 valence electrons. The summed E-state index contributed by atoms with van der Waals surface area (Å²) in [6.45, 7) is 7.51. The van der Waals surface area contributed by atoms with Gasteiger partial charge in [-0.15, -0.1) is 0 Å².